The van der Waals surface area contributed by atoms with E-state index in [9.17, 15) is 4.39 Å². The Hall–Kier alpha value is -1.16. The zero-order chi connectivity index (χ0) is 11.1. The molecule has 0 fully saturated rings. The van der Waals surface area contributed by atoms with Crippen LogP contribution in [0.25, 0.3) is 0 Å². The molecule has 0 aromatic carbocycles. The molecule has 1 atom stereocenters. The van der Waals surface area contributed by atoms with Gasteiger partial charge in [-0.1, -0.05) is 13.3 Å². The largest absolute Gasteiger partial charge is 0.487 e. The number of nitrogens with zero attached hydrogens (tertiary/aromatic N) is 1. The molecule has 0 radical (unpaired) electrons. The van der Waals surface area contributed by atoms with Gasteiger partial charge in [-0.15, -0.1) is 0 Å². The van der Waals surface area contributed by atoms with Crippen molar-refractivity contribution >= 4 is 0 Å². The summed E-state index contributed by atoms with van der Waals surface area (Å²) in [5.74, 6) is -0.335. The smallest absolute Gasteiger partial charge is 0.255 e. The summed E-state index contributed by atoms with van der Waals surface area (Å²) in [4.78, 5) is 3.52. The van der Waals surface area contributed by atoms with E-state index in [4.69, 9.17) is 4.74 Å². The molecule has 0 spiro atoms. The third-order valence-corrected chi connectivity index (χ3v) is 2.21. The van der Waals surface area contributed by atoms with Gasteiger partial charge < -0.3 is 10.1 Å². The van der Waals surface area contributed by atoms with Crippen molar-refractivity contribution in [3.8, 4) is 5.75 Å². The van der Waals surface area contributed by atoms with Gasteiger partial charge in [0.05, 0.1) is 0 Å². The lowest BCUT2D eigenvalue weighted by molar-refractivity contribution is 0.249. The van der Waals surface area contributed by atoms with Crippen LogP contribution < -0.4 is 10.1 Å². The van der Waals surface area contributed by atoms with Crippen LogP contribution in [0.3, 0.4) is 0 Å². The van der Waals surface area contributed by atoms with Crippen molar-refractivity contribution in [2.75, 3.05) is 13.7 Å². The molecule has 4 heteroatoms. The van der Waals surface area contributed by atoms with Gasteiger partial charge in [-0.05, 0) is 25.6 Å². The predicted molar refractivity (Wildman–Crippen MR) is 57.4 cm³/mol. The van der Waals surface area contributed by atoms with E-state index in [1.807, 2.05) is 7.05 Å². The van der Waals surface area contributed by atoms with E-state index in [-0.39, 0.29) is 11.8 Å². The molecule has 1 aromatic heterocycles. The zero-order valence-electron chi connectivity index (χ0n) is 9.16. The molecule has 1 N–H and O–H groups in total. The molecular weight excluding hydrogens is 195 g/mol. The lowest BCUT2D eigenvalue weighted by atomic mass is 10.2. The SMILES string of the molecule is CCCC(COc1cccnc1F)NC. The first-order valence-corrected chi connectivity index (χ1v) is 5.18. The summed E-state index contributed by atoms with van der Waals surface area (Å²) in [6.07, 6.45) is 3.49. The van der Waals surface area contributed by atoms with E-state index >= 15 is 0 Å². The van der Waals surface area contributed by atoms with E-state index in [1.54, 1.807) is 12.1 Å². The molecule has 1 unspecified atom stereocenters. The Balaban J connectivity index is 2.45. The number of likely N-dealkylation sites (N-methyl/N-ethyl adjacent to an activating group) is 1. The molecular formula is C11H17FN2O. The number of hydrogen-bond acceptors (Lipinski definition) is 3. The fraction of sp³-hybridized carbons (Fsp3) is 0.545. The van der Waals surface area contributed by atoms with Gasteiger partial charge in [-0.2, -0.15) is 4.39 Å². The van der Waals surface area contributed by atoms with Crippen LogP contribution in [0.5, 0.6) is 5.75 Å². The maximum absolute atomic E-state index is 13.1. The maximum Gasteiger partial charge on any atom is 0.255 e. The standard InChI is InChI=1S/C11H17FN2O/c1-3-5-9(13-2)8-15-10-6-4-7-14-11(10)12/h4,6-7,9,13H,3,5,8H2,1-2H3. The predicted octanol–water partition coefficient (Wildman–Crippen LogP) is 1.99. The zero-order valence-corrected chi connectivity index (χ0v) is 9.16. The summed E-state index contributed by atoms with van der Waals surface area (Å²) >= 11 is 0. The summed E-state index contributed by atoms with van der Waals surface area (Å²) in [6.45, 7) is 2.57. The van der Waals surface area contributed by atoms with Crippen LogP contribution in [-0.2, 0) is 0 Å². The first kappa shape index (κ1) is 11.9. The lowest BCUT2D eigenvalue weighted by Gasteiger charge is -2.15. The lowest BCUT2D eigenvalue weighted by Crippen LogP contribution is -2.31. The summed E-state index contributed by atoms with van der Waals surface area (Å²) in [5, 5.41) is 3.12. The van der Waals surface area contributed by atoms with Crippen LogP contribution in [0.2, 0.25) is 0 Å². The summed E-state index contributed by atoms with van der Waals surface area (Å²) in [7, 11) is 1.88. The Morgan fingerprint density at radius 1 is 1.60 bits per heavy atom. The Morgan fingerprint density at radius 3 is 3.00 bits per heavy atom. The summed E-state index contributed by atoms with van der Waals surface area (Å²) in [5.41, 5.74) is 0. The number of rotatable bonds is 6. The quantitative estimate of drug-likeness (QED) is 0.732. The van der Waals surface area contributed by atoms with Crippen molar-refractivity contribution in [2.24, 2.45) is 0 Å². The highest BCUT2D eigenvalue weighted by molar-refractivity contribution is 5.17. The fourth-order valence-corrected chi connectivity index (χ4v) is 1.33. The molecule has 3 nitrogen and oxygen atoms in total. The van der Waals surface area contributed by atoms with Gasteiger partial charge in [0, 0.05) is 12.2 Å². The van der Waals surface area contributed by atoms with Gasteiger partial charge in [0.1, 0.15) is 6.61 Å². The van der Waals surface area contributed by atoms with Crippen molar-refractivity contribution < 1.29 is 9.13 Å². The molecule has 1 heterocycles. The van der Waals surface area contributed by atoms with E-state index < -0.39 is 5.95 Å². The van der Waals surface area contributed by atoms with Crippen LogP contribution in [0, 0.1) is 5.95 Å². The summed E-state index contributed by atoms with van der Waals surface area (Å²) in [6, 6.07) is 3.50. The Labute approximate surface area is 89.7 Å². The molecule has 0 aliphatic heterocycles. The molecule has 0 saturated carbocycles. The van der Waals surface area contributed by atoms with Crippen molar-refractivity contribution in [1.29, 1.82) is 0 Å². The highest BCUT2D eigenvalue weighted by Crippen LogP contribution is 2.13. The second kappa shape index (κ2) is 6.35. The van der Waals surface area contributed by atoms with E-state index in [2.05, 4.69) is 17.2 Å². The molecule has 15 heavy (non-hydrogen) atoms. The Bertz CT molecular complexity index is 294. The molecule has 84 valence electrons. The first-order chi connectivity index (χ1) is 7.27. The maximum atomic E-state index is 13.1. The second-order valence-electron chi connectivity index (χ2n) is 3.38. The molecule has 1 rings (SSSR count). The Kier molecular flexibility index (Phi) is 5.04. The molecule has 1 aromatic rings. The topological polar surface area (TPSA) is 34.1 Å². The van der Waals surface area contributed by atoms with E-state index in [0.717, 1.165) is 12.8 Å². The minimum atomic E-state index is -0.552. The number of hydrogen-bond donors (Lipinski definition) is 1. The first-order valence-electron chi connectivity index (χ1n) is 5.18. The van der Waals surface area contributed by atoms with Crippen LogP contribution in [-0.4, -0.2) is 24.7 Å². The van der Waals surface area contributed by atoms with Crippen LogP contribution >= 0.6 is 0 Å². The fourth-order valence-electron chi connectivity index (χ4n) is 1.33. The number of pyridine rings is 1. The molecule has 0 amide bonds. The van der Waals surface area contributed by atoms with Gasteiger partial charge in [0.25, 0.3) is 5.95 Å². The van der Waals surface area contributed by atoms with Crippen molar-refractivity contribution in [1.82, 2.24) is 10.3 Å². The number of ether oxygens (including phenoxy) is 1. The highest BCUT2D eigenvalue weighted by Gasteiger charge is 2.08. The van der Waals surface area contributed by atoms with Gasteiger partial charge >= 0.3 is 0 Å². The molecule has 0 bridgehead atoms. The molecule has 0 aliphatic rings. The Morgan fingerprint density at radius 2 is 2.40 bits per heavy atom. The minimum absolute atomic E-state index is 0.217. The van der Waals surface area contributed by atoms with Gasteiger partial charge in [-0.3, -0.25) is 0 Å². The van der Waals surface area contributed by atoms with Crippen LogP contribution in [0.15, 0.2) is 18.3 Å². The van der Waals surface area contributed by atoms with Crippen molar-refractivity contribution in [2.45, 2.75) is 25.8 Å². The van der Waals surface area contributed by atoms with Crippen molar-refractivity contribution in [3.05, 3.63) is 24.3 Å². The third-order valence-electron chi connectivity index (χ3n) is 2.21. The normalized spacial score (nSPS) is 12.5. The van der Waals surface area contributed by atoms with Crippen molar-refractivity contribution in [3.63, 3.8) is 0 Å². The van der Waals surface area contributed by atoms with Gasteiger partial charge in [-0.25, -0.2) is 4.98 Å². The average molecular weight is 212 g/mol. The van der Waals surface area contributed by atoms with Gasteiger partial charge in [0.2, 0.25) is 0 Å². The second-order valence-corrected chi connectivity index (χ2v) is 3.38. The number of halogens is 1. The molecule has 0 aliphatic carbocycles. The van der Waals surface area contributed by atoms with E-state index in [1.165, 1.54) is 6.20 Å². The average Bonchev–Trinajstić information content (AvgIpc) is 2.26. The monoisotopic (exact) mass is 212 g/mol. The summed E-state index contributed by atoms with van der Waals surface area (Å²) < 4.78 is 18.4. The highest BCUT2D eigenvalue weighted by atomic mass is 19.1. The van der Waals surface area contributed by atoms with Crippen LogP contribution in [0.4, 0.5) is 4.39 Å². The number of nitrogens with one attached hydrogen (secondary N) is 1. The van der Waals surface area contributed by atoms with Crippen LogP contribution in [0.1, 0.15) is 19.8 Å². The molecule has 0 saturated heterocycles. The number of aromatic nitrogens is 1. The van der Waals surface area contributed by atoms with Gasteiger partial charge in [0.15, 0.2) is 5.75 Å². The van der Waals surface area contributed by atoms with E-state index in [0.29, 0.717) is 6.61 Å². The minimum Gasteiger partial charge on any atom is -0.487 e. The third kappa shape index (κ3) is 3.83.